The molecule has 172 valence electrons. The Morgan fingerprint density at radius 3 is 2.42 bits per heavy atom. The Hall–Kier alpha value is -3.37. The Kier molecular flexibility index (Phi) is 4.33. The maximum absolute atomic E-state index is 13.6. The predicted octanol–water partition coefficient (Wildman–Crippen LogP) is 2.52. The second-order valence-electron chi connectivity index (χ2n) is 9.15. The molecule has 1 saturated carbocycles. The number of carbonyl (C=O) groups is 1. The summed E-state index contributed by atoms with van der Waals surface area (Å²) in [5.74, 6) is -2.33. The molecule has 3 fully saturated rings. The van der Waals surface area contributed by atoms with Crippen molar-refractivity contribution in [2.75, 3.05) is 49.1 Å². The molecule has 0 N–H and O–H groups in total. The third-order valence-electron chi connectivity index (χ3n) is 6.95. The van der Waals surface area contributed by atoms with Crippen molar-refractivity contribution >= 4 is 29.1 Å². The molecule has 3 aromatic rings. The summed E-state index contributed by atoms with van der Waals surface area (Å²) in [6, 6.07) is 4.24. The van der Waals surface area contributed by atoms with Crippen molar-refractivity contribution in [3.63, 3.8) is 0 Å². The van der Waals surface area contributed by atoms with Gasteiger partial charge in [-0.25, -0.2) is 23.7 Å². The van der Waals surface area contributed by atoms with Gasteiger partial charge in [0.25, 0.3) is 17.8 Å². The average Bonchev–Trinajstić information content (AvgIpc) is 3.17. The highest BCUT2D eigenvalue weighted by atomic mass is 19.3. The number of nitrogens with zero attached hydrogens (tertiary/aromatic N) is 7. The second kappa shape index (κ2) is 7.06. The van der Waals surface area contributed by atoms with Gasteiger partial charge in [0.15, 0.2) is 5.58 Å². The fourth-order valence-corrected chi connectivity index (χ4v) is 4.78. The number of anilines is 2. The summed E-state index contributed by atoms with van der Waals surface area (Å²) in [6.45, 7) is 4.86. The van der Waals surface area contributed by atoms with Crippen molar-refractivity contribution in [3.05, 3.63) is 35.8 Å². The van der Waals surface area contributed by atoms with E-state index in [-0.39, 0.29) is 18.9 Å². The first kappa shape index (κ1) is 20.3. The van der Waals surface area contributed by atoms with Gasteiger partial charge in [0.2, 0.25) is 11.6 Å². The van der Waals surface area contributed by atoms with Crippen molar-refractivity contribution in [2.45, 2.75) is 25.7 Å². The molecular formula is C22H23F2N7O2. The Labute approximate surface area is 188 Å². The smallest absolute Gasteiger partial charge is 0.300 e. The van der Waals surface area contributed by atoms with Gasteiger partial charge in [0.1, 0.15) is 0 Å². The standard InChI is InChI=1S/C22H23F2N7O2/c1-14-2-3-16-17(27-14)28-20(33-16)30-8-6-29(7-9-30)18(32)15-10-25-19(26-11-15)31-5-4-21(13-31)12-22(21,23)24/h2-3,10-11H,4-9,12-13H2,1H3. The molecule has 1 spiro atoms. The maximum atomic E-state index is 13.6. The Bertz CT molecular complexity index is 1220. The molecule has 5 heterocycles. The first-order valence-corrected chi connectivity index (χ1v) is 11.1. The van der Waals surface area contributed by atoms with E-state index in [1.54, 1.807) is 9.80 Å². The molecule has 33 heavy (non-hydrogen) atoms. The van der Waals surface area contributed by atoms with Gasteiger partial charge in [-0.2, -0.15) is 4.98 Å². The van der Waals surface area contributed by atoms with Gasteiger partial charge in [-0.15, -0.1) is 0 Å². The minimum Gasteiger partial charge on any atom is -0.422 e. The van der Waals surface area contributed by atoms with Crippen LogP contribution in [-0.4, -0.2) is 75.9 Å². The van der Waals surface area contributed by atoms with Crippen LogP contribution in [0.2, 0.25) is 0 Å². The number of oxazole rings is 1. The zero-order valence-corrected chi connectivity index (χ0v) is 18.2. The second-order valence-corrected chi connectivity index (χ2v) is 9.15. The summed E-state index contributed by atoms with van der Waals surface area (Å²) < 4.78 is 33.1. The highest BCUT2D eigenvalue weighted by Crippen LogP contribution is 2.65. The third-order valence-corrected chi connectivity index (χ3v) is 6.95. The zero-order valence-electron chi connectivity index (χ0n) is 18.2. The van der Waals surface area contributed by atoms with Crippen molar-refractivity contribution < 1.29 is 18.0 Å². The molecule has 0 bridgehead atoms. The van der Waals surface area contributed by atoms with E-state index < -0.39 is 11.3 Å². The molecule has 0 aromatic carbocycles. The quantitative estimate of drug-likeness (QED) is 0.595. The zero-order chi connectivity index (χ0) is 22.8. The number of fused-ring (bicyclic) bond motifs is 1. The number of piperazine rings is 1. The minimum absolute atomic E-state index is 0.0568. The highest BCUT2D eigenvalue weighted by Gasteiger charge is 2.72. The number of hydrogen-bond donors (Lipinski definition) is 0. The summed E-state index contributed by atoms with van der Waals surface area (Å²) in [6.07, 6.45) is 3.37. The van der Waals surface area contributed by atoms with Gasteiger partial charge >= 0.3 is 0 Å². The Morgan fingerprint density at radius 2 is 1.76 bits per heavy atom. The molecule has 2 aliphatic heterocycles. The summed E-state index contributed by atoms with van der Waals surface area (Å²) in [5, 5.41) is 0. The first-order chi connectivity index (χ1) is 15.8. The van der Waals surface area contributed by atoms with Crippen LogP contribution in [0.15, 0.2) is 28.9 Å². The SMILES string of the molecule is Cc1ccc2oc(N3CCN(C(=O)c4cnc(N5CCC6(C5)CC6(F)F)nc4)CC3)nc2n1. The number of halogens is 2. The van der Waals surface area contributed by atoms with E-state index in [1.165, 1.54) is 12.4 Å². The summed E-state index contributed by atoms with van der Waals surface area (Å²) >= 11 is 0. The molecule has 2 saturated heterocycles. The van der Waals surface area contributed by atoms with E-state index in [1.807, 2.05) is 24.0 Å². The molecule has 1 atom stereocenters. The molecule has 11 heteroatoms. The monoisotopic (exact) mass is 455 g/mol. The van der Waals surface area contributed by atoms with Crippen LogP contribution in [-0.2, 0) is 0 Å². The first-order valence-electron chi connectivity index (χ1n) is 11.1. The van der Waals surface area contributed by atoms with Gasteiger partial charge < -0.3 is 19.1 Å². The van der Waals surface area contributed by atoms with Crippen LogP contribution in [0.3, 0.4) is 0 Å². The number of rotatable bonds is 3. The van der Waals surface area contributed by atoms with E-state index in [2.05, 4.69) is 19.9 Å². The lowest BCUT2D eigenvalue weighted by Crippen LogP contribution is -2.49. The van der Waals surface area contributed by atoms with Gasteiger partial charge in [-0.3, -0.25) is 4.79 Å². The Morgan fingerprint density at radius 1 is 1.03 bits per heavy atom. The lowest BCUT2D eigenvalue weighted by molar-refractivity contribution is 0.0710. The van der Waals surface area contributed by atoms with Crippen LogP contribution in [0, 0.1) is 12.3 Å². The van der Waals surface area contributed by atoms with Crippen LogP contribution in [0.5, 0.6) is 0 Å². The molecule has 1 amide bonds. The van der Waals surface area contributed by atoms with E-state index in [0.29, 0.717) is 67.9 Å². The molecule has 9 nitrogen and oxygen atoms in total. The molecular weight excluding hydrogens is 432 g/mol. The maximum Gasteiger partial charge on any atom is 0.300 e. The van der Waals surface area contributed by atoms with Gasteiger partial charge in [0.05, 0.1) is 11.0 Å². The summed E-state index contributed by atoms with van der Waals surface area (Å²) in [5.41, 5.74) is 1.57. The predicted molar refractivity (Wildman–Crippen MR) is 116 cm³/mol. The van der Waals surface area contributed by atoms with E-state index in [4.69, 9.17) is 4.42 Å². The van der Waals surface area contributed by atoms with Gasteiger partial charge in [-0.1, -0.05) is 0 Å². The lowest BCUT2D eigenvalue weighted by Gasteiger charge is -2.33. The average molecular weight is 455 g/mol. The number of alkyl halides is 2. The largest absolute Gasteiger partial charge is 0.422 e. The van der Waals surface area contributed by atoms with E-state index in [0.717, 1.165) is 5.69 Å². The van der Waals surface area contributed by atoms with E-state index in [9.17, 15) is 13.6 Å². The molecule has 6 rings (SSSR count). The molecule has 3 aliphatic rings. The van der Waals surface area contributed by atoms with Crippen molar-refractivity contribution in [3.8, 4) is 0 Å². The number of carbonyl (C=O) groups excluding carboxylic acids is 1. The van der Waals surface area contributed by atoms with Gasteiger partial charge in [0, 0.05) is 63.8 Å². The minimum atomic E-state index is -2.58. The number of aromatic nitrogens is 4. The molecule has 1 unspecified atom stereocenters. The fourth-order valence-electron chi connectivity index (χ4n) is 4.78. The normalized spacial score (nSPS) is 24.2. The van der Waals surface area contributed by atoms with Crippen molar-refractivity contribution in [1.29, 1.82) is 0 Å². The van der Waals surface area contributed by atoms with Crippen LogP contribution < -0.4 is 9.80 Å². The van der Waals surface area contributed by atoms with Crippen LogP contribution in [0.25, 0.3) is 11.2 Å². The molecule has 1 aliphatic carbocycles. The number of amides is 1. The van der Waals surface area contributed by atoms with E-state index >= 15 is 0 Å². The summed E-state index contributed by atoms with van der Waals surface area (Å²) in [7, 11) is 0. The lowest BCUT2D eigenvalue weighted by atomic mass is 10.1. The third kappa shape index (κ3) is 3.37. The topological polar surface area (TPSA) is 91.5 Å². The molecule has 0 radical (unpaired) electrons. The van der Waals surface area contributed by atoms with Crippen LogP contribution >= 0.6 is 0 Å². The number of aryl methyl sites for hydroxylation is 1. The number of pyridine rings is 1. The van der Waals surface area contributed by atoms with Crippen LogP contribution in [0.4, 0.5) is 20.7 Å². The highest BCUT2D eigenvalue weighted by molar-refractivity contribution is 5.93. The van der Waals surface area contributed by atoms with Crippen molar-refractivity contribution in [2.24, 2.45) is 5.41 Å². The number of hydrogen-bond acceptors (Lipinski definition) is 8. The Balaban J connectivity index is 1.08. The van der Waals surface area contributed by atoms with Gasteiger partial charge in [-0.05, 0) is 25.5 Å². The van der Waals surface area contributed by atoms with Crippen LogP contribution in [0.1, 0.15) is 28.9 Å². The fraction of sp³-hybridized carbons (Fsp3) is 0.500. The molecule has 3 aromatic heterocycles. The van der Waals surface area contributed by atoms with Crippen molar-refractivity contribution in [1.82, 2.24) is 24.8 Å². The summed E-state index contributed by atoms with van der Waals surface area (Å²) in [4.78, 5) is 35.9.